The predicted molar refractivity (Wildman–Crippen MR) is 118 cm³/mol. The Labute approximate surface area is 175 Å². The lowest BCUT2D eigenvalue weighted by atomic mass is 9.87. The first-order valence-electron chi connectivity index (χ1n) is 9.17. The number of hydrogen-bond donors (Lipinski definition) is 0. The molecule has 29 heavy (non-hydrogen) atoms. The van der Waals surface area contributed by atoms with Gasteiger partial charge in [-0.3, -0.25) is 0 Å². The number of halogens is 1. The zero-order valence-corrected chi connectivity index (χ0v) is 18.5. The van der Waals surface area contributed by atoms with E-state index in [1.807, 2.05) is 30.3 Å². The summed E-state index contributed by atoms with van der Waals surface area (Å²) in [7, 11) is -4.31. The molecular formula is C23H24FNO2S2. The fourth-order valence-electron chi connectivity index (χ4n) is 2.95. The van der Waals surface area contributed by atoms with Gasteiger partial charge in [0.15, 0.2) is 14.7 Å². The Kier molecular flexibility index (Phi) is 6.05. The highest BCUT2D eigenvalue weighted by Crippen LogP contribution is 2.40. The minimum Gasteiger partial charge on any atom is -0.573 e. The van der Waals surface area contributed by atoms with Gasteiger partial charge in [-0.05, 0) is 53.4 Å². The molecule has 0 saturated carbocycles. The van der Waals surface area contributed by atoms with Crippen LogP contribution in [0.4, 0.5) is 10.1 Å². The monoisotopic (exact) mass is 429 g/mol. The van der Waals surface area contributed by atoms with Crippen molar-refractivity contribution in [2.75, 3.05) is 6.26 Å². The van der Waals surface area contributed by atoms with Crippen LogP contribution in [0, 0.1) is 5.82 Å². The first kappa shape index (κ1) is 21.4. The zero-order chi connectivity index (χ0) is 21.2. The van der Waals surface area contributed by atoms with Gasteiger partial charge in [-0.25, -0.2) is 12.8 Å². The molecule has 0 aliphatic rings. The molecule has 3 rings (SSSR count). The largest absolute Gasteiger partial charge is 0.573 e. The average Bonchev–Trinajstić information content (AvgIpc) is 2.63. The average molecular weight is 430 g/mol. The molecule has 0 amide bonds. The van der Waals surface area contributed by atoms with Crippen LogP contribution in [-0.2, 0) is 26.3 Å². The van der Waals surface area contributed by atoms with Gasteiger partial charge < -0.3 is 4.72 Å². The van der Waals surface area contributed by atoms with Crippen molar-refractivity contribution in [2.24, 2.45) is 0 Å². The van der Waals surface area contributed by atoms with E-state index >= 15 is 0 Å². The minimum atomic E-state index is -3.68. The molecule has 3 aromatic rings. The van der Waals surface area contributed by atoms with Gasteiger partial charge >= 0.3 is 0 Å². The van der Waals surface area contributed by atoms with Gasteiger partial charge in [-0.15, -0.1) is 0 Å². The predicted octanol–water partition coefficient (Wildman–Crippen LogP) is 6.18. The molecular weight excluding hydrogens is 405 g/mol. The molecule has 0 bridgehead atoms. The van der Waals surface area contributed by atoms with Crippen molar-refractivity contribution in [2.45, 2.75) is 40.9 Å². The summed E-state index contributed by atoms with van der Waals surface area (Å²) in [4.78, 5) is 2.69. The fraction of sp³-hybridized carbons (Fsp3) is 0.217. The normalized spacial score (nSPS) is 13.1. The van der Waals surface area contributed by atoms with Crippen molar-refractivity contribution in [3.63, 3.8) is 0 Å². The Balaban J connectivity index is 2.18. The van der Waals surface area contributed by atoms with Crippen LogP contribution in [0.1, 0.15) is 26.3 Å². The molecule has 0 saturated heterocycles. The summed E-state index contributed by atoms with van der Waals surface area (Å²) >= 11 is 0. The quantitative estimate of drug-likeness (QED) is 0.455. The first-order chi connectivity index (χ1) is 13.5. The van der Waals surface area contributed by atoms with Gasteiger partial charge in [0.2, 0.25) is 0 Å². The van der Waals surface area contributed by atoms with Crippen molar-refractivity contribution >= 4 is 26.6 Å². The van der Waals surface area contributed by atoms with Crippen molar-refractivity contribution in [3.8, 4) is 0 Å². The van der Waals surface area contributed by atoms with Gasteiger partial charge in [0.05, 0.1) is 20.9 Å². The molecule has 1 unspecified atom stereocenters. The van der Waals surface area contributed by atoms with E-state index in [2.05, 4.69) is 49.8 Å². The number of benzene rings is 3. The molecule has 0 heterocycles. The highest BCUT2D eigenvalue weighted by atomic mass is 32.2. The maximum Gasteiger partial charge on any atom is 0.166 e. The second kappa shape index (κ2) is 8.20. The summed E-state index contributed by atoms with van der Waals surface area (Å²) in [5.41, 5.74) is 1.37. The van der Waals surface area contributed by atoms with Crippen molar-refractivity contribution < 1.29 is 12.8 Å². The Morgan fingerprint density at radius 2 is 1.45 bits per heavy atom. The molecule has 0 radical (unpaired) electrons. The van der Waals surface area contributed by atoms with E-state index in [1.165, 1.54) is 17.7 Å². The number of sulfonamides is 1. The van der Waals surface area contributed by atoms with Crippen LogP contribution >= 0.6 is 0 Å². The van der Waals surface area contributed by atoms with E-state index < -0.39 is 26.7 Å². The highest BCUT2D eigenvalue weighted by Gasteiger charge is 2.30. The van der Waals surface area contributed by atoms with Crippen LogP contribution in [0.3, 0.4) is 0 Å². The minimum absolute atomic E-state index is 0.0243. The second-order valence-corrected chi connectivity index (χ2v) is 11.5. The van der Waals surface area contributed by atoms with Crippen LogP contribution in [0.25, 0.3) is 4.72 Å². The molecule has 0 spiro atoms. The van der Waals surface area contributed by atoms with E-state index in [-0.39, 0.29) is 11.1 Å². The molecule has 0 aromatic heterocycles. The summed E-state index contributed by atoms with van der Waals surface area (Å²) < 4.78 is 41.4. The van der Waals surface area contributed by atoms with Crippen LogP contribution in [-0.4, -0.2) is 14.7 Å². The van der Waals surface area contributed by atoms with Gasteiger partial charge in [0, 0.05) is 6.26 Å². The van der Waals surface area contributed by atoms with E-state index in [0.717, 1.165) is 16.0 Å². The van der Waals surface area contributed by atoms with E-state index in [9.17, 15) is 12.8 Å². The van der Waals surface area contributed by atoms with Crippen LogP contribution < -0.4 is 0 Å². The summed E-state index contributed by atoms with van der Waals surface area (Å²) in [6.07, 6.45) is 1.01. The third kappa shape index (κ3) is 5.40. The third-order valence-corrected chi connectivity index (χ3v) is 7.14. The van der Waals surface area contributed by atoms with Crippen LogP contribution in [0.15, 0.2) is 87.5 Å². The molecule has 0 aliphatic carbocycles. The second-order valence-electron chi connectivity index (χ2n) is 7.83. The molecule has 3 aromatic carbocycles. The van der Waals surface area contributed by atoms with E-state index in [0.29, 0.717) is 4.90 Å². The van der Waals surface area contributed by atoms with Gasteiger partial charge in [-0.1, -0.05) is 56.8 Å². The van der Waals surface area contributed by atoms with Crippen LogP contribution in [0.5, 0.6) is 0 Å². The van der Waals surface area contributed by atoms with Crippen molar-refractivity contribution in [3.05, 3.63) is 88.9 Å². The van der Waals surface area contributed by atoms with Gasteiger partial charge in [0.1, 0.15) is 5.82 Å². The topological polar surface area (TPSA) is 48.2 Å². The Hall–Kier alpha value is -2.31. The molecule has 0 aliphatic heterocycles. The van der Waals surface area contributed by atoms with Crippen LogP contribution in [0.2, 0.25) is 0 Å². The standard InChI is InChI=1S/C23H24FNO2S2/c1-23(2,3)17-10-13-20(14-11-17)28(19-8-6-5-7-9-19)22-15-12-18(24)16-21(22)25-29(4,26)27/h5-16H,1-4H3. The number of hydrogen-bond acceptors (Lipinski definition) is 2. The third-order valence-electron chi connectivity index (χ3n) is 4.34. The smallest absolute Gasteiger partial charge is 0.166 e. The zero-order valence-electron chi connectivity index (χ0n) is 16.9. The Morgan fingerprint density at radius 1 is 0.862 bits per heavy atom. The highest BCUT2D eigenvalue weighted by molar-refractivity contribution is 7.97. The fourth-order valence-corrected chi connectivity index (χ4v) is 5.65. The van der Waals surface area contributed by atoms with E-state index in [4.69, 9.17) is 0 Å². The van der Waals surface area contributed by atoms with E-state index in [1.54, 1.807) is 6.07 Å². The molecule has 152 valence electrons. The van der Waals surface area contributed by atoms with Crippen molar-refractivity contribution in [1.29, 1.82) is 0 Å². The molecule has 3 nitrogen and oxygen atoms in total. The number of rotatable bonds is 5. The first-order valence-corrected chi connectivity index (χ1v) is 12.2. The molecule has 0 fully saturated rings. The SMILES string of the molecule is CC(C)(C)c1ccc([S+](c2ccccc2)c2ccc(F)cc2[N-]S(C)(=O)=O)cc1. The molecule has 0 N–H and O–H groups in total. The lowest BCUT2D eigenvalue weighted by molar-refractivity contribution is 0.589. The molecule has 6 heteroatoms. The molecule has 1 atom stereocenters. The Bertz CT molecular complexity index is 1090. The summed E-state index contributed by atoms with van der Waals surface area (Å²) in [5.74, 6) is -0.518. The maximum absolute atomic E-state index is 13.9. The Morgan fingerprint density at radius 3 is 2.00 bits per heavy atom. The maximum atomic E-state index is 13.9. The van der Waals surface area contributed by atoms with Gasteiger partial charge in [-0.2, -0.15) is 0 Å². The summed E-state index contributed by atoms with van der Waals surface area (Å²) in [5, 5.41) is 0. The summed E-state index contributed by atoms with van der Waals surface area (Å²) in [6, 6.07) is 22.3. The number of nitrogens with zero attached hydrogens (tertiary/aromatic N) is 1. The lowest BCUT2D eigenvalue weighted by Crippen LogP contribution is -2.12. The summed E-state index contributed by atoms with van der Waals surface area (Å²) in [6.45, 7) is 6.46. The van der Waals surface area contributed by atoms with Crippen molar-refractivity contribution in [1.82, 2.24) is 0 Å². The van der Waals surface area contributed by atoms with Gasteiger partial charge in [0.25, 0.3) is 0 Å². The lowest BCUT2D eigenvalue weighted by Gasteiger charge is -2.22.